The van der Waals surface area contributed by atoms with Crippen LogP contribution in [0.4, 0.5) is 0 Å². The molecule has 0 saturated carbocycles. The number of pyridine rings is 3. The molecule has 2 aliphatic rings. The molecule has 340 valence electrons. The van der Waals surface area contributed by atoms with Crippen molar-refractivity contribution >= 4 is 60.2 Å². The summed E-state index contributed by atoms with van der Waals surface area (Å²) in [4.78, 5) is 16.0. The Morgan fingerprint density at radius 3 is 1.62 bits per heavy atom. The number of aryl methyl sites for hydroxylation is 1. The van der Waals surface area contributed by atoms with Gasteiger partial charge in [0.15, 0.2) is 0 Å². The summed E-state index contributed by atoms with van der Waals surface area (Å²) in [5.74, 6) is 0. The van der Waals surface area contributed by atoms with Crippen LogP contribution in [0.3, 0.4) is 0 Å². The molecule has 3 nitrogen and oxygen atoms in total. The first-order valence-electron chi connectivity index (χ1n) is 25.4. The molecule has 0 bridgehead atoms. The van der Waals surface area contributed by atoms with Gasteiger partial charge in [-0.1, -0.05) is 200 Å². The molecule has 0 fully saturated rings. The summed E-state index contributed by atoms with van der Waals surface area (Å²) in [6.07, 6.45) is 6.49. The van der Waals surface area contributed by atoms with Crippen LogP contribution in [0.1, 0.15) is 39.9 Å². The third-order valence-corrected chi connectivity index (χ3v) is 15.7. The van der Waals surface area contributed by atoms with Crippen molar-refractivity contribution in [2.24, 2.45) is 0 Å². The van der Waals surface area contributed by atoms with Gasteiger partial charge < -0.3 is 0 Å². The van der Waals surface area contributed by atoms with Crippen molar-refractivity contribution in [3.8, 4) is 56.0 Å². The molecule has 0 radical (unpaired) electrons. The zero-order valence-electron chi connectivity index (χ0n) is 39.9. The lowest BCUT2D eigenvalue weighted by atomic mass is 9.67. The Kier molecular flexibility index (Phi) is 9.30. The predicted molar refractivity (Wildman–Crippen MR) is 304 cm³/mol. The quantitative estimate of drug-likeness (QED) is 0.156. The van der Waals surface area contributed by atoms with Gasteiger partial charge in [0.2, 0.25) is 0 Å². The Labute approximate surface area is 423 Å². The lowest BCUT2D eigenvalue weighted by Crippen LogP contribution is -2.28. The second-order valence-electron chi connectivity index (χ2n) is 19.7. The van der Waals surface area contributed by atoms with Crippen molar-refractivity contribution in [3.05, 3.63) is 276 Å². The van der Waals surface area contributed by atoms with Gasteiger partial charge in [-0.3, -0.25) is 0 Å². The third kappa shape index (κ3) is 6.49. The van der Waals surface area contributed by atoms with Crippen LogP contribution in [0.5, 0.6) is 0 Å². The van der Waals surface area contributed by atoms with Gasteiger partial charge in [0.05, 0.1) is 39.2 Å². The second kappa shape index (κ2) is 16.4. The number of benzene rings is 10. The highest BCUT2D eigenvalue weighted by Gasteiger charge is 2.46. The topological polar surface area (TPSA) is 38.7 Å². The van der Waals surface area contributed by atoms with E-state index in [9.17, 15) is 0 Å². The molecule has 0 N–H and O–H groups in total. The normalized spacial score (nSPS) is 13.4. The molecule has 0 unspecified atom stereocenters. The minimum Gasteiger partial charge on any atom is -0.247 e. The van der Waals surface area contributed by atoms with Crippen molar-refractivity contribution < 1.29 is 0 Å². The van der Waals surface area contributed by atoms with Gasteiger partial charge in [-0.15, -0.1) is 0 Å². The smallest absolute Gasteiger partial charge is 0.0972 e. The molecule has 15 rings (SSSR count). The zero-order chi connectivity index (χ0) is 48.0. The molecule has 3 aromatic heterocycles. The molecule has 73 heavy (non-hydrogen) atoms. The molecule has 2 aliphatic carbocycles. The van der Waals surface area contributed by atoms with Crippen molar-refractivity contribution in [1.29, 1.82) is 0 Å². The molecule has 13 aromatic rings. The van der Waals surface area contributed by atoms with E-state index in [0.29, 0.717) is 0 Å². The first-order chi connectivity index (χ1) is 36.2. The molecular weight excluding hydrogens is 883 g/mol. The number of allylic oxidation sites excluding steroid dienone is 1. The Balaban J connectivity index is 0.822. The Hall–Kier alpha value is -9.31. The van der Waals surface area contributed by atoms with Crippen LogP contribution < -0.4 is 0 Å². The molecule has 0 atom stereocenters. The van der Waals surface area contributed by atoms with Gasteiger partial charge in [0.1, 0.15) is 0 Å². The molecular formula is C70H45N3. The van der Waals surface area contributed by atoms with E-state index >= 15 is 0 Å². The highest BCUT2D eigenvalue weighted by atomic mass is 14.8. The molecule has 0 spiro atoms. The first kappa shape index (κ1) is 41.5. The van der Waals surface area contributed by atoms with Gasteiger partial charge in [-0.25, -0.2) is 15.0 Å². The van der Waals surface area contributed by atoms with Gasteiger partial charge >= 0.3 is 0 Å². The minimum atomic E-state index is -0.469. The van der Waals surface area contributed by atoms with Gasteiger partial charge in [-0.05, 0) is 138 Å². The zero-order valence-corrected chi connectivity index (χ0v) is 39.9. The average molecular weight is 928 g/mol. The van der Waals surface area contributed by atoms with Gasteiger partial charge in [0, 0.05) is 32.8 Å². The number of fused-ring (bicyclic) bond motifs is 12. The van der Waals surface area contributed by atoms with Crippen LogP contribution in [-0.2, 0) is 11.8 Å². The molecule has 10 aromatic carbocycles. The lowest BCUT2D eigenvalue weighted by Gasteiger charge is -2.34. The summed E-state index contributed by atoms with van der Waals surface area (Å²) >= 11 is 0. The fourth-order valence-corrected chi connectivity index (χ4v) is 12.3. The summed E-state index contributed by atoms with van der Waals surface area (Å²) in [7, 11) is 0. The maximum Gasteiger partial charge on any atom is 0.0972 e. The van der Waals surface area contributed by atoms with Gasteiger partial charge in [-0.2, -0.15) is 0 Å². The van der Waals surface area contributed by atoms with E-state index in [0.717, 1.165) is 79.7 Å². The highest BCUT2D eigenvalue weighted by Crippen LogP contribution is 2.57. The number of hydrogen-bond acceptors (Lipinski definition) is 3. The summed E-state index contributed by atoms with van der Waals surface area (Å²) in [5, 5.41) is 9.48. The first-order valence-corrected chi connectivity index (χ1v) is 25.4. The van der Waals surface area contributed by atoms with Crippen LogP contribution in [-0.4, -0.2) is 15.0 Å². The Morgan fingerprint density at radius 1 is 0.342 bits per heavy atom. The Bertz CT molecular complexity index is 4380. The largest absolute Gasteiger partial charge is 0.247 e. The molecule has 0 aliphatic heterocycles. The van der Waals surface area contributed by atoms with Crippen LogP contribution >= 0.6 is 0 Å². The number of nitrogens with zero attached hydrogens (tertiary/aromatic N) is 3. The molecule has 0 amide bonds. The number of aromatic nitrogens is 3. The SMILES string of the molecule is C1=Cc2nc(-c3cccc(-c4ccc5c(ccc6cc(-c7ccc8ccc9ccc(-c%10ccccc%10)nc9c8n7)ccc65)c4)c3)c3cc4c(cc3c2CC1)C(c1ccccc1)(c1ccccc1)c1ccccc1-4. The van der Waals surface area contributed by atoms with E-state index in [1.165, 1.54) is 76.8 Å². The van der Waals surface area contributed by atoms with Crippen molar-refractivity contribution in [1.82, 2.24) is 15.0 Å². The molecule has 0 saturated heterocycles. The average Bonchev–Trinajstić information content (AvgIpc) is 3.81. The van der Waals surface area contributed by atoms with Crippen molar-refractivity contribution in [2.75, 3.05) is 0 Å². The van der Waals surface area contributed by atoms with Crippen molar-refractivity contribution in [2.45, 2.75) is 18.3 Å². The number of rotatable bonds is 6. The summed E-state index contributed by atoms with van der Waals surface area (Å²) in [6, 6.07) is 86.6. The summed E-state index contributed by atoms with van der Waals surface area (Å²) in [6.45, 7) is 0. The lowest BCUT2D eigenvalue weighted by molar-refractivity contribution is 0.769. The van der Waals surface area contributed by atoms with Gasteiger partial charge in [0.25, 0.3) is 0 Å². The van der Waals surface area contributed by atoms with E-state index in [4.69, 9.17) is 15.0 Å². The van der Waals surface area contributed by atoms with Crippen LogP contribution in [0.2, 0.25) is 0 Å². The predicted octanol–water partition coefficient (Wildman–Crippen LogP) is 17.6. The maximum absolute atomic E-state index is 5.54. The maximum atomic E-state index is 5.54. The highest BCUT2D eigenvalue weighted by molar-refractivity contribution is 6.10. The molecule has 3 heterocycles. The van der Waals surface area contributed by atoms with Crippen LogP contribution in [0.15, 0.2) is 243 Å². The number of hydrogen-bond donors (Lipinski definition) is 0. The Morgan fingerprint density at radius 2 is 0.904 bits per heavy atom. The van der Waals surface area contributed by atoms with Crippen LogP contribution in [0, 0.1) is 0 Å². The fourth-order valence-electron chi connectivity index (χ4n) is 12.3. The minimum absolute atomic E-state index is 0.469. The summed E-state index contributed by atoms with van der Waals surface area (Å²) in [5.41, 5.74) is 20.0. The van der Waals surface area contributed by atoms with E-state index in [1.807, 2.05) is 6.07 Å². The molecule has 3 heteroatoms. The van der Waals surface area contributed by atoms with E-state index in [-0.39, 0.29) is 0 Å². The van der Waals surface area contributed by atoms with E-state index < -0.39 is 5.41 Å². The fraction of sp³-hybridized carbons (Fsp3) is 0.0429. The standard InChI is InChI=1S/C70H45N3/c1-4-15-44(16-5-1)64-37-33-45-27-28-46-34-38-65(72-69(46)68(45)71-64)51-32-36-56-50(41-51)30-29-49-39-48(31-35-55(49)56)47-17-14-18-52(40-47)67-61-42-60-57-23-10-12-25-62(57)70(53-19-6-2-7-20-53,54-21-8-3-9-22-54)63(60)43-59(61)58-24-11-13-26-66(58)73-67/h1-10,12-23,25-43H,11,24H2. The summed E-state index contributed by atoms with van der Waals surface area (Å²) < 4.78 is 0. The third-order valence-electron chi connectivity index (χ3n) is 15.7. The second-order valence-corrected chi connectivity index (χ2v) is 19.7. The van der Waals surface area contributed by atoms with Crippen LogP contribution in [0.25, 0.3) is 116 Å². The van der Waals surface area contributed by atoms with Crippen molar-refractivity contribution in [3.63, 3.8) is 0 Å². The van der Waals surface area contributed by atoms with E-state index in [2.05, 4.69) is 243 Å². The monoisotopic (exact) mass is 927 g/mol. The van der Waals surface area contributed by atoms with E-state index in [1.54, 1.807) is 0 Å².